The van der Waals surface area contributed by atoms with E-state index in [1.54, 1.807) is 0 Å². The first-order chi connectivity index (χ1) is 14.0. The molecular formula is C22H27N3O2S2. The molecule has 0 amide bonds. The van der Waals surface area contributed by atoms with E-state index in [2.05, 4.69) is 47.7 Å². The maximum Gasteiger partial charge on any atom is 0.131 e. The molecule has 0 bridgehead atoms. The van der Waals surface area contributed by atoms with Gasteiger partial charge in [-0.15, -0.1) is 0 Å². The molecule has 0 atom stereocenters. The molecule has 2 heterocycles. The maximum absolute atomic E-state index is 10.6. The molecule has 0 radical (unpaired) electrons. The monoisotopic (exact) mass is 429 g/mol. The zero-order valence-electron chi connectivity index (χ0n) is 16.8. The van der Waals surface area contributed by atoms with E-state index in [-0.39, 0.29) is 0 Å². The molecule has 1 aliphatic heterocycles. The number of benzene rings is 2. The van der Waals surface area contributed by atoms with Gasteiger partial charge in [0.15, 0.2) is 0 Å². The van der Waals surface area contributed by atoms with Gasteiger partial charge in [0.2, 0.25) is 0 Å². The van der Waals surface area contributed by atoms with Crippen LogP contribution in [0, 0.1) is 6.92 Å². The van der Waals surface area contributed by atoms with E-state index in [0.717, 1.165) is 40.3 Å². The Bertz CT molecular complexity index is 1030. The van der Waals surface area contributed by atoms with Gasteiger partial charge in [0.05, 0.1) is 16.2 Å². The SMILES string of the molecule is CSCCNc1cc(N2CCS(O)(O)c3ccccc3C2)nc2ccc(C)cc12. The van der Waals surface area contributed by atoms with Crippen LogP contribution in [0.1, 0.15) is 11.1 Å². The summed E-state index contributed by atoms with van der Waals surface area (Å²) in [4.78, 5) is 7.73. The molecule has 0 spiro atoms. The van der Waals surface area contributed by atoms with Crippen molar-refractivity contribution >= 4 is 44.8 Å². The second-order valence-corrected chi connectivity index (χ2v) is 10.5. The molecule has 3 N–H and O–H groups in total. The number of hydrogen-bond acceptors (Lipinski definition) is 6. The summed E-state index contributed by atoms with van der Waals surface area (Å²) in [5.41, 5.74) is 4.18. The number of pyridine rings is 1. The molecular weight excluding hydrogens is 402 g/mol. The van der Waals surface area contributed by atoms with Crippen LogP contribution in [0.2, 0.25) is 0 Å². The number of nitrogens with one attached hydrogen (secondary N) is 1. The van der Waals surface area contributed by atoms with Crippen LogP contribution in [-0.2, 0) is 6.54 Å². The molecule has 0 fully saturated rings. The van der Waals surface area contributed by atoms with E-state index in [9.17, 15) is 9.11 Å². The van der Waals surface area contributed by atoms with E-state index in [4.69, 9.17) is 4.98 Å². The zero-order chi connectivity index (χ0) is 20.4. The molecule has 5 nitrogen and oxygen atoms in total. The van der Waals surface area contributed by atoms with Crippen molar-refractivity contribution in [2.24, 2.45) is 0 Å². The fourth-order valence-electron chi connectivity index (χ4n) is 3.70. The highest BCUT2D eigenvalue weighted by Gasteiger charge is 2.26. The van der Waals surface area contributed by atoms with Crippen LogP contribution >= 0.6 is 22.4 Å². The van der Waals surface area contributed by atoms with Gasteiger partial charge in [-0.3, -0.25) is 9.11 Å². The Morgan fingerprint density at radius 1 is 1.17 bits per heavy atom. The first-order valence-corrected chi connectivity index (χ1v) is 12.8. The van der Waals surface area contributed by atoms with Gasteiger partial charge in [-0.25, -0.2) is 4.98 Å². The van der Waals surface area contributed by atoms with Crippen LogP contribution in [0.15, 0.2) is 53.4 Å². The molecule has 0 saturated heterocycles. The van der Waals surface area contributed by atoms with Gasteiger partial charge in [0.25, 0.3) is 0 Å². The summed E-state index contributed by atoms with van der Waals surface area (Å²) in [5, 5.41) is 4.69. The topological polar surface area (TPSA) is 68.6 Å². The van der Waals surface area contributed by atoms with E-state index in [1.807, 2.05) is 36.0 Å². The Hall–Kier alpha value is -1.93. The predicted molar refractivity (Wildman–Crippen MR) is 127 cm³/mol. The third kappa shape index (κ3) is 4.33. The van der Waals surface area contributed by atoms with Gasteiger partial charge in [-0.1, -0.05) is 29.8 Å². The number of anilines is 2. The summed E-state index contributed by atoms with van der Waals surface area (Å²) in [7, 11) is -2.78. The number of aromatic nitrogens is 1. The average molecular weight is 430 g/mol. The van der Waals surface area contributed by atoms with Crippen LogP contribution in [-0.4, -0.2) is 44.9 Å². The highest BCUT2D eigenvalue weighted by molar-refractivity contribution is 8.24. The zero-order valence-corrected chi connectivity index (χ0v) is 18.4. The Labute approximate surface area is 177 Å². The fourth-order valence-corrected chi connectivity index (χ4v) is 5.55. The minimum absolute atomic E-state index is 0.312. The lowest BCUT2D eigenvalue weighted by atomic mass is 10.1. The number of fused-ring (bicyclic) bond motifs is 2. The van der Waals surface area contributed by atoms with Crippen LogP contribution in [0.25, 0.3) is 10.9 Å². The molecule has 1 aliphatic rings. The van der Waals surface area contributed by atoms with Crippen molar-refractivity contribution in [2.75, 3.05) is 41.1 Å². The van der Waals surface area contributed by atoms with Crippen molar-refractivity contribution in [1.82, 2.24) is 4.98 Å². The molecule has 2 aromatic carbocycles. The second kappa shape index (κ2) is 8.44. The Morgan fingerprint density at radius 2 is 2.00 bits per heavy atom. The lowest BCUT2D eigenvalue weighted by Crippen LogP contribution is -2.26. The average Bonchev–Trinajstić information content (AvgIpc) is 2.84. The Balaban J connectivity index is 1.74. The number of rotatable bonds is 5. The molecule has 3 aromatic rings. The molecule has 154 valence electrons. The van der Waals surface area contributed by atoms with Gasteiger partial charge in [-0.2, -0.15) is 22.4 Å². The van der Waals surface area contributed by atoms with Crippen molar-refractivity contribution < 1.29 is 9.11 Å². The number of aryl methyl sites for hydroxylation is 1. The molecule has 4 rings (SSSR count). The van der Waals surface area contributed by atoms with Crippen LogP contribution in [0.4, 0.5) is 11.5 Å². The molecule has 29 heavy (non-hydrogen) atoms. The summed E-state index contributed by atoms with van der Waals surface area (Å²) in [6, 6.07) is 16.0. The first kappa shape index (κ1) is 20.3. The lowest BCUT2D eigenvalue weighted by Gasteiger charge is -2.32. The molecule has 1 aromatic heterocycles. The Kier molecular flexibility index (Phi) is 5.92. The van der Waals surface area contributed by atoms with Crippen molar-refractivity contribution in [3.8, 4) is 0 Å². The highest BCUT2D eigenvalue weighted by Crippen LogP contribution is 2.51. The number of nitrogens with zero attached hydrogens (tertiary/aromatic N) is 2. The largest absolute Gasteiger partial charge is 0.384 e. The predicted octanol–water partition coefficient (Wildman–Crippen LogP) is 5.45. The van der Waals surface area contributed by atoms with E-state index in [1.165, 1.54) is 5.56 Å². The summed E-state index contributed by atoms with van der Waals surface area (Å²) in [6.45, 7) is 4.14. The van der Waals surface area contributed by atoms with E-state index in [0.29, 0.717) is 23.7 Å². The summed E-state index contributed by atoms with van der Waals surface area (Å²) >= 11 is 1.82. The van der Waals surface area contributed by atoms with Crippen molar-refractivity contribution in [2.45, 2.75) is 18.4 Å². The molecule has 0 saturated carbocycles. The quantitative estimate of drug-likeness (QED) is 0.469. The van der Waals surface area contributed by atoms with Crippen molar-refractivity contribution in [3.05, 3.63) is 59.7 Å². The maximum atomic E-state index is 10.6. The molecule has 0 aliphatic carbocycles. The third-order valence-corrected chi connectivity index (χ3v) is 7.70. The van der Waals surface area contributed by atoms with E-state index < -0.39 is 10.6 Å². The van der Waals surface area contributed by atoms with Gasteiger partial charge < -0.3 is 10.2 Å². The minimum atomic E-state index is -2.78. The third-order valence-electron chi connectivity index (χ3n) is 5.23. The number of hydrogen-bond donors (Lipinski definition) is 3. The second-order valence-electron chi connectivity index (χ2n) is 7.37. The molecule has 7 heteroatoms. The highest BCUT2D eigenvalue weighted by atomic mass is 32.3. The minimum Gasteiger partial charge on any atom is -0.384 e. The van der Waals surface area contributed by atoms with Gasteiger partial charge in [0.1, 0.15) is 5.82 Å². The Morgan fingerprint density at radius 3 is 2.83 bits per heavy atom. The van der Waals surface area contributed by atoms with Crippen LogP contribution in [0.5, 0.6) is 0 Å². The van der Waals surface area contributed by atoms with Gasteiger partial charge in [0, 0.05) is 42.5 Å². The first-order valence-electron chi connectivity index (χ1n) is 9.71. The van der Waals surface area contributed by atoms with E-state index >= 15 is 0 Å². The summed E-state index contributed by atoms with van der Waals surface area (Å²) in [6.07, 6.45) is 2.11. The fraction of sp³-hybridized carbons (Fsp3) is 0.318. The summed E-state index contributed by atoms with van der Waals surface area (Å²) < 4.78 is 21.3. The van der Waals surface area contributed by atoms with Crippen LogP contribution < -0.4 is 10.2 Å². The van der Waals surface area contributed by atoms with Crippen molar-refractivity contribution in [1.29, 1.82) is 0 Å². The molecule has 0 unspecified atom stereocenters. The smallest absolute Gasteiger partial charge is 0.131 e. The normalized spacial score (nSPS) is 16.9. The van der Waals surface area contributed by atoms with Gasteiger partial charge in [-0.05, 0) is 36.9 Å². The van der Waals surface area contributed by atoms with Gasteiger partial charge >= 0.3 is 0 Å². The summed E-state index contributed by atoms with van der Waals surface area (Å²) in [5.74, 6) is 2.20. The standard InChI is InChI=1S/C22H27N3O2S2/c1-16-7-8-19-18(13-16)20(23-9-11-28-2)14-22(24-19)25-10-12-29(26,27)21-6-4-3-5-17(21)15-25/h3-8,13-14,26-27H,9-12,15H2,1-2H3,(H,23,24). The number of thioether (sulfide) groups is 1. The lowest BCUT2D eigenvalue weighted by molar-refractivity contribution is 0.488. The van der Waals surface area contributed by atoms with Crippen molar-refractivity contribution in [3.63, 3.8) is 0 Å². The van der Waals surface area contributed by atoms with Crippen LogP contribution in [0.3, 0.4) is 0 Å².